The Bertz CT molecular complexity index is 678. The molecule has 1 aromatic carbocycles. The minimum atomic E-state index is -0.101. The highest BCUT2D eigenvalue weighted by Gasteiger charge is 2.27. The first-order valence-electron chi connectivity index (χ1n) is 7.35. The summed E-state index contributed by atoms with van der Waals surface area (Å²) in [7, 11) is 1.92. The Balaban J connectivity index is 1.76. The predicted octanol–water partition coefficient (Wildman–Crippen LogP) is 3.20. The van der Waals surface area contributed by atoms with Gasteiger partial charge in [-0.1, -0.05) is 23.7 Å². The molecule has 2 aromatic rings. The van der Waals surface area contributed by atoms with Crippen molar-refractivity contribution in [3.63, 3.8) is 0 Å². The average Bonchev–Trinajstić information content (AvgIpc) is 2.87. The second-order valence-electron chi connectivity index (χ2n) is 5.58. The van der Waals surface area contributed by atoms with Crippen LogP contribution in [0.1, 0.15) is 27.8 Å². The number of carbonyl (C=O) groups is 1. The third-order valence-corrected chi connectivity index (χ3v) is 4.44. The second-order valence-corrected chi connectivity index (χ2v) is 6.02. The van der Waals surface area contributed by atoms with Crippen LogP contribution in [-0.2, 0) is 11.8 Å². The number of aryl methyl sites for hydroxylation is 1. The van der Waals surface area contributed by atoms with Gasteiger partial charge in [0.25, 0.3) is 5.91 Å². The van der Waals surface area contributed by atoms with E-state index in [9.17, 15) is 4.79 Å². The Morgan fingerprint density at radius 1 is 1.23 bits per heavy atom. The van der Waals surface area contributed by atoms with E-state index in [0.717, 1.165) is 11.3 Å². The van der Waals surface area contributed by atoms with Gasteiger partial charge in [0.15, 0.2) is 0 Å². The number of aromatic nitrogens is 1. The zero-order chi connectivity index (χ0) is 15.7. The second kappa shape index (κ2) is 6.15. The Morgan fingerprint density at radius 3 is 2.59 bits per heavy atom. The molecule has 0 N–H and O–H groups in total. The Morgan fingerprint density at radius 2 is 1.95 bits per heavy atom. The van der Waals surface area contributed by atoms with Crippen molar-refractivity contribution in [2.45, 2.75) is 13.0 Å². The van der Waals surface area contributed by atoms with Crippen LogP contribution >= 0.6 is 11.6 Å². The van der Waals surface area contributed by atoms with Crippen LogP contribution in [0.4, 0.5) is 0 Å². The maximum atomic E-state index is 12.7. The molecule has 0 bridgehead atoms. The Hall–Kier alpha value is -1.78. The molecule has 2 heterocycles. The van der Waals surface area contributed by atoms with Crippen molar-refractivity contribution in [2.75, 3.05) is 19.7 Å². The molecule has 0 saturated carbocycles. The zero-order valence-corrected chi connectivity index (χ0v) is 13.5. The number of carbonyl (C=O) groups excluding carboxylic acids is 1. The lowest BCUT2D eigenvalue weighted by Crippen LogP contribution is -2.42. The van der Waals surface area contributed by atoms with Crippen molar-refractivity contribution < 1.29 is 9.53 Å². The summed E-state index contributed by atoms with van der Waals surface area (Å²) in [6.45, 7) is 3.72. The van der Waals surface area contributed by atoms with Crippen molar-refractivity contribution >= 4 is 17.5 Å². The van der Waals surface area contributed by atoms with Crippen LogP contribution < -0.4 is 0 Å². The molecule has 5 heteroatoms. The highest BCUT2D eigenvalue weighted by molar-refractivity contribution is 6.30. The molecular formula is C17H19ClN2O2. The predicted molar refractivity (Wildman–Crippen MR) is 86.2 cm³/mol. The molecule has 1 aromatic heterocycles. The fourth-order valence-electron chi connectivity index (χ4n) is 2.70. The van der Waals surface area contributed by atoms with E-state index in [-0.39, 0.29) is 12.0 Å². The molecule has 0 radical (unpaired) electrons. The first-order valence-corrected chi connectivity index (χ1v) is 7.72. The van der Waals surface area contributed by atoms with Gasteiger partial charge in [0.1, 0.15) is 11.8 Å². The minimum absolute atomic E-state index is 0.0536. The molecule has 1 fully saturated rings. The Labute approximate surface area is 135 Å². The zero-order valence-electron chi connectivity index (χ0n) is 12.8. The van der Waals surface area contributed by atoms with E-state index in [1.807, 2.05) is 59.8 Å². The van der Waals surface area contributed by atoms with E-state index in [1.54, 1.807) is 0 Å². The van der Waals surface area contributed by atoms with Gasteiger partial charge in [-0.2, -0.15) is 0 Å². The summed E-state index contributed by atoms with van der Waals surface area (Å²) in [5, 5.41) is 0.701. The van der Waals surface area contributed by atoms with E-state index < -0.39 is 0 Å². The van der Waals surface area contributed by atoms with Gasteiger partial charge >= 0.3 is 0 Å². The largest absolute Gasteiger partial charge is 0.370 e. The van der Waals surface area contributed by atoms with Crippen LogP contribution in [0.5, 0.6) is 0 Å². The van der Waals surface area contributed by atoms with Gasteiger partial charge in [0, 0.05) is 24.3 Å². The number of benzene rings is 1. The number of nitrogens with zero attached hydrogens (tertiary/aromatic N) is 2. The molecule has 116 valence electrons. The van der Waals surface area contributed by atoms with Crippen molar-refractivity contribution in [1.29, 1.82) is 0 Å². The molecule has 0 unspecified atom stereocenters. The lowest BCUT2D eigenvalue weighted by atomic mass is 10.1. The quantitative estimate of drug-likeness (QED) is 0.852. The smallest absolute Gasteiger partial charge is 0.270 e. The topological polar surface area (TPSA) is 34.5 Å². The third-order valence-electron chi connectivity index (χ3n) is 4.19. The standard InChI is InChI=1S/C17H19ClN2O2/c1-12-3-8-15(19(12)2)17(21)20-9-10-22-16(11-20)13-4-6-14(18)7-5-13/h3-8,16H,9-11H2,1-2H3/t16-/m0/s1. The molecular weight excluding hydrogens is 300 g/mol. The first kappa shape index (κ1) is 15.1. The van der Waals surface area contributed by atoms with Crippen LogP contribution in [0.2, 0.25) is 5.02 Å². The normalized spacial score (nSPS) is 18.5. The highest BCUT2D eigenvalue weighted by Crippen LogP contribution is 2.24. The van der Waals surface area contributed by atoms with Crippen LogP contribution in [-0.4, -0.2) is 35.1 Å². The van der Waals surface area contributed by atoms with Crippen molar-refractivity contribution in [1.82, 2.24) is 9.47 Å². The summed E-state index contributed by atoms with van der Waals surface area (Å²) in [4.78, 5) is 14.6. The van der Waals surface area contributed by atoms with Crippen LogP contribution in [0.15, 0.2) is 36.4 Å². The van der Waals surface area contributed by atoms with E-state index in [1.165, 1.54) is 0 Å². The fraction of sp³-hybridized carbons (Fsp3) is 0.353. The lowest BCUT2D eigenvalue weighted by Gasteiger charge is -2.33. The molecule has 1 amide bonds. The maximum Gasteiger partial charge on any atom is 0.270 e. The van der Waals surface area contributed by atoms with Gasteiger partial charge < -0.3 is 14.2 Å². The van der Waals surface area contributed by atoms with E-state index >= 15 is 0 Å². The summed E-state index contributed by atoms with van der Waals surface area (Å²) in [5.41, 5.74) is 2.84. The monoisotopic (exact) mass is 318 g/mol. The number of halogens is 1. The van der Waals surface area contributed by atoms with Gasteiger partial charge in [-0.15, -0.1) is 0 Å². The van der Waals surface area contributed by atoms with Gasteiger partial charge in [-0.25, -0.2) is 0 Å². The van der Waals surface area contributed by atoms with Crippen molar-refractivity contribution in [3.05, 3.63) is 58.4 Å². The van der Waals surface area contributed by atoms with Crippen LogP contribution in [0.3, 0.4) is 0 Å². The summed E-state index contributed by atoms with van der Waals surface area (Å²) >= 11 is 5.92. The van der Waals surface area contributed by atoms with Crippen LogP contribution in [0.25, 0.3) is 0 Å². The van der Waals surface area contributed by atoms with E-state index in [2.05, 4.69) is 0 Å². The summed E-state index contributed by atoms with van der Waals surface area (Å²) < 4.78 is 7.74. The Kier molecular flexibility index (Phi) is 4.23. The summed E-state index contributed by atoms with van der Waals surface area (Å²) in [6, 6.07) is 11.4. The number of amides is 1. The van der Waals surface area contributed by atoms with Gasteiger partial charge in [0.2, 0.25) is 0 Å². The third kappa shape index (κ3) is 2.89. The molecule has 3 rings (SSSR count). The first-order chi connectivity index (χ1) is 10.6. The highest BCUT2D eigenvalue weighted by atomic mass is 35.5. The SMILES string of the molecule is Cc1ccc(C(=O)N2CCO[C@H](c3ccc(Cl)cc3)C2)n1C. The minimum Gasteiger partial charge on any atom is -0.370 e. The molecule has 1 saturated heterocycles. The number of hydrogen-bond acceptors (Lipinski definition) is 2. The molecule has 0 aliphatic carbocycles. The van der Waals surface area contributed by atoms with Crippen molar-refractivity contribution in [3.8, 4) is 0 Å². The molecule has 1 atom stereocenters. The number of rotatable bonds is 2. The van der Waals surface area contributed by atoms with E-state index in [0.29, 0.717) is 30.4 Å². The van der Waals surface area contributed by atoms with Gasteiger partial charge in [-0.3, -0.25) is 4.79 Å². The summed E-state index contributed by atoms with van der Waals surface area (Å²) in [5.74, 6) is 0.0536. The van der Waals surface area contributed by atoms with Gasteiger partial charge in [-0.05, 0) is 36.8 Å². The van der Waals surface area contributed by atoms with Crippen molar-refractivity contribution in [2.24, 2.45) is 7.05 Å². The lowest BCUT2D eigenvalue weighted by molar-refractivity contribution is -0.0231. The molecule has 1 aliphatic heterocycles. The van der Waals surface area contributed by atoms with Gasteiger partial charge in [0.05, 0.1) is 13.2 Å². The van der Waals surface area contributed by atoms with E-state index in [4.69, 9.17) is 16.3 Å². The maximum absolute atomic E-state index is 12.7. The molecule has 22 heavy (non-hydrogen) atoms. The molecule has 4 nitrogen and oxygen atoms in total. The summed E-state index contributed by atoms with van der Waals surface area (Å²) in [6.07, 6.45) is -0.101. The molecule has 0 spiro atoms. The number of ether oxygens (including phenoxy) is 1. The number of morpholine rings is 1. The van der Waals surface area contributed by atoms with Crippen LogP contribution in [0, 0.1) is 6.92 Å². The number of hydrogen-bond donors (Lipinski definition) is 0. The molecule has 1 aliphatic rings. The average molecular weight is 319 g/mol. The fourth-order valence-corrected chi connectivity index (χ4v) is 2.83.